The van der Waals surface area contributed by atoms with Gasteiger partial charge in [0, 0.05) is 5.56 Å². The third-order valence-electron chi connectivity index (χ3n) is 1.88. The lowest BCUT2D eigenvalue weighted by Crippen LogP contribution is -2.10. The van der Waals surface area contributed by atoms with Crippen molar-refractivity contribution in [3.8, 4) is 5.75 Å². The monoisotopic (exact) mass is 246 g/mol. The maximum atomic E-state index is 11.5. The summed E-state index contributed by atoms with van der Waals surface area (Å²) >= 11 is 11.6. The van der Waals surface area contributed by atoms with Crippen LogP contribution in [0.25, 0.3) is 0 Å². The van der Waals surface area contributed by atoms with Crippen LogP contribution in [0, 0.1) is 0 Å². The first-order chi connectivity index (χ1) is 7.06. The topological polar surface area (TPSA) is 26.3 Å². The number of hydrogen-bond donors (Lipinski definition) is 0. The van der Waals surface area contributed by atoms with Crippen LogP contribution in [-0.2, 0) is 0 Å². The zero-order valence-electron chi connectivity index (χ0n) is 8.59. The second-order valence-electron chi connectivity index (χ2n) is 3.06. The molecule has 0 aliphatic rings. The molecule has 2 nitrogen and oxygen atoms in total. The summed E-state index contributed by atoms with van der Waals surface area (Å²) in [4.78, 5) is 11.5. The van der Waals surface area contributed by atoms with Gasteiger partial charge in [0.15, 0.2) is 5.78 Å². The predicted molar refractivity (Wildman–Crippen MR) is 62.3 cm³/mol. The standard InChI is InChI=1S/C11H12Cl2O2/c1-3-15-10-5-4-8(6-9(10)13)11(14)7(2)12/h4-7H,3H2,1-2H3. The highest BCUT2D eigenvalue weighted by Gasteiger charge is 2.13. The molecule has 0 aliphatic heterocycles. The van der Waals surface area contributed by atoms with Crippen molar-refractivity contribution >= 4 is 29.0 Å². The lowest BCUT2D eigenvalue weighted by Gasteiger charge is -2.07. The van der Waals surface area contributed by atoms with Gasteiger partial charge in [-0.25, -0.2) is 0 Å². The van der Waals surface area contributed by atoms with Gasteiger partial charge in [0.05, 0.1) is 17.0 Å². The van der Waals surface area contributed by atoms with E-state index in [0.717, 1.165) is 0 Å². The minimum atomic E-state index is -0.543. The molecule has 0 amide bonds. The minimum Gasteiger partial charge on any atom is -0.492 e. The third-order valence-corrected chi connectivity index (χ3v) is 2.37. The van der Waals surface area contributed by atoms with E-state index in [9.17, 15) is 4.79 Å². The molecule has 0 aliphatic carbocycles. The van der Waals surface area contributed by atoms with E-state index in [2.05, 4.69) is 0 Å². The van der Waals surface area contributed by atoms with E-state index in [4.69, 9.17) is 27.9 Å². The number of carbonyl (C=O) groups is 1. The Balaban J connectivity index is 2.96. The molecule has 0 heterocycles. The van der Waals surface area contributed by atoms with Crippen molar-refractivity contribution in [2.45, 2.75) is 19.2 Å². The Labute approximate surface area is 99.1 Å². The summed E-state index contributed by atoms with van der Waals surface area (Å²) in [5.74, 6) is 0.444. The highest BCUT2D eigenvalue weighted by molar-refractivity contribution is 6.35. The highest BCUT2D eigenvalue weighted by Crippen LogP contribution is 2.26. The fourth-order valence-corrected chi connectivity index (χ4v) is 1.52. The lowest BCUT2D eigenvalue weighted by atomic mass is 10.1. The van der Waals surface area contributed by atoms with Crippen LogP contribution in [-0.4, -0.2) is 17.8 Å². The molecule has 0 N–H and O–H groups in total. The molecular formula is C11H12Cl2O2. The number of ketones is 1. The highest BCUT2D eigenvalue weighted by atomic mass is 35.5. The molecular weight excluding hydrogens is 235 g/mol. The molecule has 0 aromatic heterocycles. The van der Waals surface area contributed by atoms with Crippen molar-refractivity contribution in [2.75, 3.05) is 6.61 Å². The van der Waals surface area contributed by atoms with Gasteiger partial charge >= 0.3 is 0 Å². The fraction of sp³-hybridized carbons (Fsp3) is 0.364. The Kier molecular flexibility index (Phi) is 4.43. The quantitative estimate of drug-likeness (QED) is 0.600. The van der Waals surface area contributed by atoms with E-state index >= 15 is 0 Å². The van der Waals surface area contributed by atoms with Gasteiger partial charge in [-0.1, -0.05) is 11.6 Å². The average molecular weight is 247 g/mol. The molecule has 4 heteroatoms. The Hall–Kier alpha value is -0.730. The molecule has 1 aromatic rings. The number of halogens is 2. The Morgan fingerprint density at radius 1 is 1.53 bits per heavy atom. The van der Waals surface area contributed by atoms with Crippen molar-refractivity contribution in [2.24, 2.45) is 0 Å². The van der Waals surface area contributed by atoms with E-state index in [1.165, 1.54) is 0 Å². The second kappa shape index (κ2) is 5.38. The number of benzene rings is 1. The number of rotatable bonds is 4. The van der Waals surface area contributed by atoms with Crippen LogP contribution in [0.2, 0.25) is 5.02 Å². The minimum absolute atomic E-state index is 0.137. The van der Waals surface area contributed by atoms with Crippen molar-refractivity contribution in [1.82, 2.24) is 0 Å². The molecule has 0 radical (unpaired) electrons. The zero-order chi connectivity index (χ0) is 11.4. The molecule has 1 rings (SSSR count). The van der Waals surface area contributed by atoms with Crippen LogP contribution in [0.4, 0.5) is 0 Å². The van der Waals surface area contributed by atoms with Gasteiger partial charge in [0.2, 0.25) is 0 Å². The van der Waals surface area contributed by atoms with Crippen molar-refractivity contribution in [3.05, 3.63) is 28.8 Å². The summed E-state index contributed by atoms with van der Waals surface area (Å²) in [5.41, 5.74) is 0.506. The third kappa shape index (κ3) is 3.11. The zero-order valence-corrected chi connectivity index (χ0v) is 10.1. The first-order valence-corrected chi connectivity index (χ1v) is 5.48. The molecule has 1 atom stereocenters. The van der Waals surface area contributed by atoms with Gasteiger partial charge in [-0.3, -0.25) is 4.79 Å². The number of alkyl halides is 1. The Morgan fingerprint density at radius 2 is 2.20 bits per heavy atom. The summed E-state index contributed by atoms with van der Waals surface area (Å²) in [6.07, 6.45) is 0. The molecule has 0 saturated heterocycles. The summed E-state index contributed by atoms with van der Waals surface area (Å²) < 4.78 is 5.26. The van der Waals surface area contributed by atoms with Crippen LogP contribution in [0.15, 0.2) is 18.2 Å². The first-order valence-electron chi connectivity index (χ1n) is 4.67. The molecule has 0 saturated carbocycles. The Morgan fingerprint density at radius 3 is 2.67 bits per heavy atom. The molecule has 1 aromatic carbocycles. The largest absolute Gasteiger partial charge is 0.492 e. The molecule has 0 bridgehead atoms. The molecule has 0 spiro atoms. The summed E-state index contributed by atoms with van der Waals surface area (Å²) in [7, 11) is 0. The summed E-state index contributed by atoms with van der Waals surface area (Å²) in [5, 5.41) is -0.112. The van der Waals surface area contributed by atoms with Gasteiger partial charge < -0.3 is 4.74 Å². The van der Waals surface area contributed by atoms with Crippen LogP contribution in [0.3, 0.4) is 0 Å². The summed E-state index contributed by atoms with van der Waals surface area (Å²) in [6, 6.07) is 4.92. The van der Waals surface area contributed by atoms with Crippen LogP contribution < -0.4 is 4.74 Å². The Bertz CT molecular complexity index is 362. The molecule has 0 fully saturated rings. The van der Waals surface area contributed by atoms with Gasteiger partial charge in [-0.05, 0) is 32.0 Å². The predicted octanol–water partition coefficient (Wildman–Crippen LogP) is 3.55. The van der Waals surface area contributed by atoms with Gasteiger partial charge in [0.1, 0.15) is 5.75 Å². The van der Waals surface area contributed by atoms with Crippen molar-refractivity contribution in [3.63, 3.8) is 0 Å². The van der Waals surface area contributed by atoms with Gasteiger partial charge in [-0.15, -0.1) is 11.6 Å². The average Bonchev–Trinajstić information content (AvgIpc) is 2.20. The van der Waals surface area contributed by atoms with Gasteiger partial charge in [-0.2, -0.15) is 0 Å². The van der Waals surface area contributed by atoms with Crippen LogP contribution >= 0.6 is 23.2 Å². The van der Waals surface area contributed by atoms with E-state index in [1.54, 1.807) is 25.1 Å². The van der Waals surface area contributed by atoms with Crippen LogP contribution in [0.5, 0.6) is 5.75 Å². The number of Topliss-reactive ketones (excluding diaryl/α,β-unsaturated/α-hetero) is 1. The van der Waals surface area contributed by atoms with Crippen molar-refractivity contribution < 1.29 is 9.53 Å². The first kappa shape index (κ1) is 12.3. The smallest absolute Gasteiger partial charge is 0.180 e. The normalized spacial score (nSPS) is 12.3. The second-order valence-corrected chi connectivity index (χ2v) is 4.12. The number of ether oxygens (including phenoxy) is 1. The SMILES string of the molecule is CCOc1ccc(C(=O)C(C)Cl)cc1Cl. The number of carbonyl (C=O) groups excluding carboxylic acids is 1. The molecule has 15 heavy (non-hydrogen) atoms. The van der Waals surface area contributed by atoms with E-state index in [0.29, 0.717) is 22.9 Å². The maximum Gasteiger partial charge on any atom is 0.180 e. The summed E-state index contributed by atoms with van der Waals surface area (Å²) in [6.45, 7) is 4.05. The van der Waals surface area contributed by atoms with E-state index < -0.39 is 5.38 Å². The van der Waals surface area contributed by atoms with Crippen LogP contribution in [0.1, 0.15) is 24.2 Å². The number of hydrogen-bond acceptors (Lipinski definition) is 2. The van der Waals surface area contributed by atoms with Gasteiger partial charge in [0.25, 0.3) is 0 Å². The maximum absolute atomic E-state index is 11.5. The van der Waals surface area contributed by atoms with Crippen molar-refractivity contribution in [1.29, 1.82) is 0 Å². The fourth-order valence-electron chi connectivity index (χ4n) is 1.16. The molecule has 82 valence electrons. The van der Waals surface area contributed by atoms with E-state index in [-0.39, 0.29) is 5.78 Å². The molecule has 1 unspecified atom stereocenters. The van der Waals surface area contributed by atoms with E-state index in [1.807, 2.05) is 6.92 Å². The lowest BCUT2D eigenvalue weighted by molar-refractivity contribution is 0.0991.